The molecule has 1 amide bonds. The first-order valence-electron chi connectivity index (χ1n) is 10.2. The fourth-order valence-corrected chi connectivity index (χ4v) is 4.56. The van der Waals surface area contributed by atoms with Gasteiger partial charge in [-0.1, -0.05) is 67.6 Å². The summed E-state index contributed by atoms with van der Waals surface area (Å²) >= 11 is 1.56. The van der Waals surface area contributed by atoms with Gasteiger partial charge >= 0.3 is 0 Å². The fraction of sp³-hybridized carbons (Fsp3) is 0.292. The van der Waals surface area contributed by atoms with Crippen LogP contribution in [0, 0.1) is 0 Å². The smallest absolute Gasteiger partial charge is 0.278 e. The topological polar surface area (TPSA) is 51.0 Å². The zero-order valence-electron chi connectivity index (χ0n) is 17.7. The lowest BCUT2D eigenvalue weighted by atomic mass is 10.0. The van der Waals surface area contributed by atoms with E-state index in [-0.39, 0.29) is 11.9 Å². The summed E-state index contributed by atoms with van der Waals surface area (Å²) in [6, 6.07) is 18.2. The van der Waals surface area contributed by atoms with Gasteiger partial charge in [-0.15, -0.1) is 0 Å². The molecule has 154 valence electrons. The molecule has 0 aliphatic heterocycles. The molecule has 2 aromatic heterocycles. The van der Waals surface area contributed by atoms with Gasteiger partial charge in [-0.3, -0.25) is 14.4 Å². The molecule has 0 fully saturated rings. The van der Waals surface area contributed by atoms with E-state index in [1.807, 2.05) is 44.2 Å². The van der Waals surface area contributed by atoms with Gasteiger partial charge in [0.05, 0.1) is 16.8 Å². The van der Waals surface area contributed by atoms with Gasteiger partial charge in [-0.05, 0) is 43.0 Å². The van der Waals surface area contributed by atoms with Gasteiger partial charge in [0.1, 0.15) is 5.69 Å². The van der Waals surface area contributed by atoms with E-state index in [0.717, 1.165) is 15.8 Å². The molecular weight excluding hydrogens is 392 g/mol. The van der Waals surface area contributed by atoms with Crippen LogP contribution in [0.25, 0.3) is 10.2 Å². The minimum atomic E-state index is -0.0878. The van der Waals surface area contributed by atoms with Crippen molar-refractivity contribution in [2.75, 3.05) is 4.90 Å². The van der Waals surface area contributed by atoms with Gasteiger partial charge in [0, 0.05) is 12.2 Å². The van der Waals surface area contributed by atoms with Crippen LogP contribution in [0.2, 0.25) is 0 Å². The summed E-state index contributed by atoms with van der Waals surface area (Å²) < 4.78 is 2.87. The van der Waals surface area contributed by atoms with Crippen LogP contribution in [0.1, 0.15) is 61.3 Å². The molecule has 30 heavy (non-hydrogen) atoms. The number of hydrogen-bond acceptors (Lipinski definition) is 4. The lowest BCUT2D eigenvalue weighted by Crippen LogP contribution is -2.32. The Kier molecular flexibility index (Phi) is 5.68. The van der Waals surface area contributed by atoms with Gasteiger partial charge in [-0.2, -0.15) is 5.10 Å². The highest BCUT2D eigenvalue weighted by Gasteiger charge is 2.25. The number of amides is 1. The Balaban J connectivity index is 1.81. The monoisotopic (exact) mass is 418 g/mol. The molecule has 2 aromatic carbocycles. The average Bonchev–Trinajstić information content (AvgIpc) is 3.39. The molecule has 0 unspecified atom stereocenters. The number of carbonyl (C=O) groups is 1. The largest absolute Gasteiger partial charge is 0.278 e. The maximum Gasteiger partial charge on any atom is 0.278 e. The Morgan fingerprint density at radius 3 is 2.50 bits per heavy atom. The zero-order valence-corrected chi connectivity index (χ0v) is 18.6. The third kappa shape index (κ3) is 3.87. The Bertz CT molecular complexity index is 1160. The van der Waals surface area contributed by atoms with Crippen LogP contribution in [-0.2, 0) is 6.54 Å². The van der Waals surface area contributed by atoms with E-state index in [4.69, 9.17) is 4.98 Å². The van der Waals surface area contributed by atoms with Gasteiger partial charge in [0.2, 0.25) is 0 Å². The lowest BCUT2D eigenvalue weighted by Gasteiger charge is -2.21. The summed E-state index contributed by atoms with van der Waals surface area (Å²) in [5.74, 6) is 0.277. The van der Waals surface area contributed by atoms with Gasteiger partial charge < -0.3 is 0 Å². The van der Waals surface area contributed by atoms with E-state index in [1.165, 1.54) is 5.56 Å². The Morgan fingerprint density at radius 1 is 1.03 bits per heavy atom. The van der Waals surface area contributed by atoms with Crippen molar-refractivity contribution in [3.8, 4) is 0 Å². The highest BCUT2D eigenvalue weighted by molar-refractivity contribution is 7.22. The molecule has 0 saturated carbocycles. The van der Waals surface area contributed by atoms with E-state index in [1.54, 1.807) is 33.2 Å². The third-order valence-corrected chi connectivity index (χ3v) is 6.14. The maximum absolute atomic E-state index is 13.7. The van der Waals surface area contributed by atoms with Crippen LogP contribution in [0.15, 0.2) is 60.8 Å². The van der Waals surface area contributed by atoms with E-state index in [0.29, 0.717) is 23.3 Å². The van der Waals surface area contributed by atoms with Crippen LogP contribution in [-0.4, -0.2) is 20.7 Å². The number of fused-ring (bicyclic) bond motifs is 1. The number of para-hydroxylation sites is 1. The van der Waals surface area contributed by atoms with Crippen molar-refractivity contribution in [3.05, 3.63) is 77.6 Å². The molecule has 0 saturated heterocycles. The summed E-state index contributed by atoms with van der Waals surface area (Å²) in [6.45, 7) is 8.85. The van der Waals surface area contributed by atoms with Crippen molar-refractivity contribution in [2.24, 2.45) is 0 Å². The first-order valence-corrected chi connectivity index (χ1v) is 11.1. The summed E-state index contributed by atoms with van der Waals surface area (Å²) in [5.41, 5.74) is 3.82. The van der Waals surface area contributed by atoms with Crippen molar-refractivity contribution in [2.45, 2.75) is 46.2 Å². The molecule has 0 atom stereocenters. The molecule has 4 rings (SSSR count). The fourth-order valence-electron chi connectivity index (χ4n) is 3.57. The predicted octanol–water partition coefficient (Wildman–Crippen LogP) is 6.04. The number of rotatable bonds is 6. The molecule has 0 radical (unpaired) electrons. The second kappa shape index (κ2) is 8.40. The van der Waals surface area contributed by atoms with Crippen LogP contribution >= 0.6 is 11.3 Å². The highest BCUT2D eigenvalue weighted by atomic mass is 32.1. The second-order valence-electron chi connectivity index (χ2n) is 7.98. The minimum absolute atomic E-state index is 0.0878. The number of anilines is 1. The highest BCUT2D eigenvalue weighted by Crippen LogP contribution is 2.34. The normalized spacial score (nSPS) is 11.5. The van der Waals surface area contributed by atoms with Crippen molar-refractivity contribution < 1.29 is 4.79 Å². The second-order valence-corrected chi connectivity index (χ2v) is 8.99. The molecule has 0 aliphatic carbocycles. The van der Waals surface area contributed by atoms with E-state index < -0.39 is 0 Å². The number of carbonyl (C=O) groups excluding carboxylic acids is 1. The van der Waals surface area contributed by atoms with Gasteiger partial charge in [0.15, 0.2) is 5.13 Å². The SMILES string of the molecule is CC(C)c1cccc2sc(N(Cc3ccccc3)C(=O)c3ccnn3C(C)C)nc12. The first kappa shape index (κ1) is 20.3. The summed E-state index contributed by atoms with van der Waals surface area (Å²) in [6.07, 6.45) is 1.68. The van der Waals surface area contributed by atoms with Crippen molar-refractivity contribution >= 4 is 32.6 Å². The standard InChI is InChI=1S/C24H26N4OS/c1-16(2)19-11-8-12-21-22(19)26-24(30-21)27(15-18-9-6-5-7-10-18)23(29)20-13-14-25-28(20)17(3)4/h5-14,16-17H,15H2,1-4H3. The minimum Gasteiger partial charge on any atom is -0.278 e. The number of aromatic nitrogens is 3. The molecule has 0 N–H and O–H groups in total. The number of thiazole rings is 1. The van der Waals surface area contributed by atoms with Gasteiger partial charge in [0.25, 0.3) is 5.91 Å². The molecule has 0 spiro atoms. The summed E-state index contributed by atoms with van der Waals surface area (Å²) in [7, 11) is 0. The Hall–Kier alpha value is -2.99. The average molecular weight is 419 g/mol. The van der Waals surface area contributed by atoms with E-state index >= 15 is 0 Å². The van der Waals surface area contributed by atoms with E-state index in [2.05, 4.69) is 37.1 Å². The quantitative estimate of drug-likeness (QED) is 0.383. The van der Waals surface area contributed by atoms with E-state index in [9.17, 15) is 4.79 Å². The number of nitrogens with zero attached hydrogens (tertiary/aromatic N) is 4. The number of benzene rings is 2. The molecule has 4 aromatic rings. The van der Waals surface area contributed by atoms with Crippen LogP contribution in [0.3, 0.4) is 0 Å². The van der Waals surface area contributed by atoms with Crippen LogP contribution in [0.5, 0.6) is 0 Å². The molecule has 0 aliphatic rings. The zero-order chi connectivity index (χ0) is 21.3. The molecule has 2 heterocycles. The van der Waals surface area contributed by atoms with Gasteiger partial charge in [-0.25, -0.2) is 4.98 Å². The molecule has 6 heteroatoms. The van der Waals surface area contributed by atoms with Crippen LogP contribution in [0.4, 0.5) is 5.13 Å². The third-order valence-electron chi connectivity index (χ3n) is 5.10. The Morgan fingerprint density at radius 2 is 1.80 bits per heavy atom. The molecular formula is C24H26N4OS. The Labute approximate surface area is 181 Å². The lowest BCUT2D eigenvalue weighted by molar-refractivity contribution is 0.0973. The number of hydrogen-bond donors (Lipinski definition) is 0. The van der Waals surface area contributed by atoms with Crippen molar-refractivity contribution in [3.63, 3.8) is 0 Å². The molecule has 5 nitrogen and oxygen atoms in total. The predicted molar refractivity (Wildman–Crippen MR) is 123 cm³/mol. The summed E-state index contributed by atoms with van der Waals surface area (Å²) in [4.78, 5) is 20.4. The van der Waals surface area contributed by atoms with Crippen molar-refractivity contribution in [1.29, 1.82) is 0 Å². The van der Waals surface area contributed by atoms with Crippen molar-refractivity contribution in [1.82, 2.24) is 14.8 Å². The maximum atomic E-state index is 13.7. The first-order chi connectivity index (χ1) is 14.5. The molecule has 0 bridgehead atoms. The van der Waals surface area contributed by atoms with Crippen LogP contribution < -0.4 is 4.90 Å². The summed E-state index contributed by atoms with van der Waals surface area (Å²) in [5, 5.41) is 5.06.